The Morgan fingerprint density at radius 3 is 1.47 bits per heavy atom. The largest absolute Gasteiger partial charge is 0.472 e. The van der Waals surface area contributed by atoms with E-state index in [1.54, 1.807) is 0 Å². The van der Waals surface area contributed by atoms with Crippen molar-refractivity contribution in [1.82, 2.24) is 0 Å². The van der Waals surface area contributed by atoms with E-state index < -0.39 is 13.9 Å². The van der Waals surface area contributed by atoms with Crippen LogP contribution < -0.4 is 0 Å². The molecule has 0 bridgehead atoms. The molecule has 59 heavy (non-hydrogen) atoms. The van der Waals surface area contributed by atoms with Crippen LogP contribution in [0.5, 0.6) is 0 Å². The van der Waals surface area contributed by atoms with Gasteiger partial charge in [-0.25, -0.2) is 4.57 Å². The molecule has 2 atom stereocenters. The summed E-state index contributed by atoms with van der Waals surface area (Å²) in [5.74, 6) is -0.330. The van der Waals surface area contributed by atoms with E-state index in [2.05, 4.69) is 86.8 Å². The molecule has 9 heteroatoms. The first kappa shape index (κ1) is 56.9. The molecule has 1 N–H and O–H groups in total. The topological polar surface area (TPSA) is 91.3 Å². The van der Waals surface area contributed by atoms with Gasteiger partial charge in [-0.2, -0.15) is 0 Å². The van der Waals surface area contributed by atoms with E-state index >= 15 is 0 Å². The first-order valence-electron chi connectivity index (χ1n) is 23.7. The number of hydrogen-bond acceptors (Lipinski definition) is 6. The molecule has 0 amide bonds. The summed E-state index contributed by atoms with van der Waals surface area (Å²) in [7, 11) is 1.65. The Balaban J connectivity index is 4.20. The summed E-state index contributed by atoms with van der Waals surface area (Å²) < 4.78 is 35.0. The third-order valence-electron chi connectivity index (χ3n) is 9.78. The maximum Gasteiger partial charge on any atom is 0.472 e. The molecule has 342 valence electrons. The number of allylic oxidation sites excluding steroid dienone is 12. The maximum atomic E-state index is 12.7. The van der Waals surface area contributed by atoms with Gasteiger partial charge in [0.1, 0.15) is 19.3 Å². The number of rotatable bonds is 43. The average Bonchev–Trinajstić information content (AvgIpc) is 3.19. The highest BCUT2D eigenvalue weighted by molar-refractivity contribution is 7.47. The second-order valence-corrected chi connectivity index (χ2v) is 18.2. The molecule has 0 aromatic carbocycles. The number of likely N-dealkylation sites (N-methyl/N-ethyl adjacent to an activating group) is 1. The SMILES string of the molecule is CC/C=C\C/C=C\C/C=C\C/C=C\C/C=C\C/C=C\CCCCCCCCC(=O)OC(COCCCCCCCCCCCCCC)COP(=O)(O)OCC[N+](C)(C)C. The fourth-order valence-corrected chi connectivity index (χ4v) is 6.89. The normalized spacial score (nSPS) is 14.3. The molecule has 0 aromatic heterocycles. The summed E-state index contributed by atoms with van der Waals surface area (Å²) in [5.41, 5.74) is 0. The fourth-order valence-electron chi connectivity index (χ4n) is 6.14. The number of ether oxygens (including phenoxy) is 2. The molecule has 0 saturated heterocycles. The van der Waals surface area contributed by atoms with Crippen molar-refractivity contribution in [2.24, 2.45) is 0 Å². The molecule has 0 heterocycles. The van der Waals surface area contributed by atoms with E-state index in [1.807, 2.05) is 21.1 Å². The Labute approximate surface area is 363 Å². The first-order valence-corrected chi connectivity index (χ1v) is 25.2. The Bertz CT molecular complexity index is 1170. The predicted molar refractivity (Wildman–Crippen MR) is 252 cm³/mol. The Hall–Kier alpha value is -2.06. The Kier molecular flexibility index (Phi) is 41.1. The number of phosphoric ester groups is 1. The van der Waals surface area contributed by atoms with E-state index in [0.717, 1.165) is 83.5 Å². The summed E-state index contributed by atoms with van der Waals surface area (Å²) in [5, 5.41) is 0. The number of nitrogens with zero attached hydrogens (tertiary/aromatic N) is 1. The van der Waals surface area contributed by atoms with Crippen molar-refractivity contribution in [2.75, 3.05) is 54.1 Å². The molecular formula is C50H91NO7P+. The second kappa shape index (κ2) is 42.6. The summed E-state index contributed by atoms with van der Waals surface area (Å²) >= 11 is 0. The fraction of sp³-hybridized carbons (Fsp3) is 0.740. The lowest BCUT2D eigenvalue weighted by molar-refractivity contribution is -0.870. The van der Waals surface area contributed by atoms with Crippen LogP contribution in [0.15, 0.2) is 72.9 Å². The monoisotopic (exact) mass is 849 g/mol. The molecule has 8 nitrogen and oxygen atoms in total. The molecule has 0 aliphatic heterocycles. The molecular weight excluding hydrogens is 758 g/mol. The highest BCUT2D eigenvalue weighted by Gasteiger charge is 2.26. The van der Waals surface area contributed by atoms with Crippen LogP contribution in [0.1, 0.15) is 181 Å². The van der Waals surface area contributed by atoms with E-state index in [1.165, 1.54) is 77.0 Å². The summed E-state index contributed by atoms with van der Waals surface area (Å²) in [6.07, 6.45) is 55.1. The highest BCUT2D eigenvalue weighted by atomic mass is 31.2. The van der Waals surface area contributed by atoms with Crippen molar-refractivity contribution in [3.63, 3.8) is 0 Å². The molecule has 0 rings (SSSR count). The van der Waals surface area contributed by atoms with Gasteiger partial charge < -0.3 is 18.9 Å². The van der Waals surface area contributed by atoms with Gasteiger partial charge in [0.2, 0.25) is 0 Å². The van der Waals surface area contributed by atoms with Crippen LogP contribution in [0.4, 0.5) is 0 Å². The number of phosphoric acid groups is 1. The minimum Gasteiger partial charge on any atom is -0.457 e. The van der Waals surface area contributed by atoms with Crippen LogP contribution in [0, 0.1) is 0 Å². The van der Waals surface area contributed by atoms with Crippen LogP contribution in [0.25, 0.3) is 0 Å². The third kappa shape index (κ3) is 46.9. The number of unbranched alkanes of at least 4 members (excludes halogenated alkanes) is 17. The van der Waals surface area contributed by atoms with Gasteiger partial charge in [-0.1, -0.05) is 183 Å². The Morgan fingerprint density at radius 2 is 0.983 bits per heavy atom. The van der Waals surface area contributed by atoms with Gasteiger partial charge in [-0.3, -0.25) is 13.8 Å². The van der Waals surface area contributed by atoms with Gasteiger partial charge in [0, 0.05) is 13.0 Å². The third-order valence-corrected chi connectivity index (χ3v) is 10.8. The minimum atomic E-state index is -4.28. The van der Waals surface area contributed by atoms with E-state index in [4.69, 9.17) is 18.5 Å². The highest BCUT2D eigenvalue weighted by Crippen LogP contribution is 2.43. The smallest absolute Gasteiger partial charge is 0.457 e. The van der Waals surface area contributed by atoms with Crippen molar-refractivity contribution >= 4 is 13.8 Å². The van der Waals surface area contributed by atoms with E-state index in [-0.39, 0.29) is 25.8 Å². The van der Waals surface area contributed by atoms with Gasteiger partial charge >= 0.3 is 13.8 Å². The van der Waals surface area contributed by atoms with Crippen molar-refractivity contribution in [1.29, 1.82) is 0 Å². The zero-order chi connectivity index (χ0) is 43.4. The summed E-state index contributed by atoms with van der Waals surface area (Å²) in [6.45, 7) is 5.48. The lowest BCUT2D eigenvalue weighted by Gasteiger charge is -2.24. The number of carbonyl (C=O) groups is 1. The summed E-state index contributed by atoms with van der Waals surface area (Å²) in [6, 6.07) is 0. The zero-order valence-corrected chi connectivity index (χ0v) is 39.6. The molecule has 0 saturated carbocycles. The number of carbonyl (C=O) groups excluding carboxylic acids is 1. The van der Waals surface area contributed by atoms with Crippen molar-refractivity contribution in [2.45, 2.75) is 187 Å². The van der Waals surface area contributed by atoms with Crippen LogP contribution in [0.2, 0.25) is 0 Å². The van der Waals surface area contributed by atoms with Gasteiger partial charge in [-0.15, -0.1) is 0 Å². The van der Waals surface area contributed by atoms with Gasteiger partial charge in [0.05, 0.1) is 34.4 Å². The standard InChI is InChI=1S/C50H90NO7P/c1-6-8-10-12-14-16-18-20-21-22-23-24-25-26-27-28-29-30-31-32-33-35-37-39-41-43-50(52)58-49(48-57-59(53,54)56-46-44-51(3,4)5)47-55-45-42-40-38-36-34-19-17-15-13-11-9-7-2/h8,10,14,16,20-21,23-24,26-27,29-30,49H,6-7,9,11-13,15,17-19,22,25,28,31-48H2,1-5H3/p+1/b10-8-,16-14-,21-20-,24-23-,27-26-,30-29-. The van der Waals surface area contributed by atoms with E-state index in [0.29, 0.717) is 24.1 Å². The first-order chi connectivity index (χ1) is 28.6. The molecule has 0 aromatic rings. The molecule has 0 radical (unpaired) electrons. The van der Waals surface area contributed by atoms with Crippen LogP contribution in [0.3, 0.4) is 0 Å². The molecule has 0 aliphatic carbocycles. The maximum absolute atomic E-state index is 12.7. The Morgan fingerprint density at radius 1 is 0.542 bits per heavy atom. The van der Waals surface area contributed by atoms with Gasteiger partial charge in [-0.05, 0) is 64.2 Å². The van der Waals surface area contributed by atoms with Crippen LogP contribution in [-0.4, -0.2) is 75.6 Å². The van der Waals surface area contributed by atoms with Crippen LogP contribution >= 0.6 is 7.82 Å². The molecule has 0 spiro atoms. The predicted octanol–water partition coefficient (Wildman–Crippen LogP) is 14.3. The number of esters is 1. The quantitative estimate of drug-likeness (QED) is 0.0215. The lowest BCUT2D eigenvalue weighted by atomic mass is 10.1. The van der Waals surface area contributed by atoms with Crippen molar-refractivity contribution in [3.05, 3.63) is 72.9 Å². The minimum absolute atomic E-state index is 0.0830. The number of hydrogen-bond donors (Lipinski definition) is 1. The number of quaternary nitrogens is 1. The van der Waals surface area contributed by atoms with Gasteiger partial charge in [0.15, 0.2) is 0 Å². The van der Waals surface area contributed by atoms with Crippen LogP contribution in [-0.2, 0) is 27.9 Å². The lowest BCUT2D eigenvalue weighted by Crippen LogP contribution is -2.37. The second-order valence-electron chi connectivity index (χ2n) is 16.8. The van der Waals surface area contributed by atoms with Crippen molar-refractivity contribution in [3.8, 4) is 0 Å². The molecule has 0 aliphatic rings. The molecule has 2 unspecified atom stereocenters. The van der Waals surface area contributed by atoms with E-state index in [9.17, 15) is 14.3 Å². The summed E-state index contributed by atoms with van der Waals surface area (Å²) in [4.78, 5) is 22.9. The van der Waals surface area contributed by atoms with Crippen molar-refractivity contribution < 1.29 is 37.3 Å². The van der Waals surface area contributed by atoms with Gasteiger partial charge in [0.25, 0.3) is 0 Å². The molecule has 0 fully saturated rings. The average molecular weight is 849 g/mol. The zero-order valence-electron chi connectivity index (χ0n) is 38.7.